The van der Waals surface area contributed by atoms with Crippen molar-refractivity contribution in [2.24, 2.45) is 10.9 Å². The Morgan fingerprint density at radius 2 is 2.08 bits per heavy atom. The molecule has 25 heavy (non-hydrogen) atoms. The van der Waals surface area contributed by atoms with E-state index in [1.807, 2.05) is 11.9 Å². The van der Waals surface area contributed by atoms with Gasteiger partial charge in [0.1, 0.15) is 0 Å². The predicted octanol–water partition coefficient (Wildman–Crippen LogP) is 2.60. The first kappa shape index (κ1) is 19.1. The number of nitrogens with one attached hydrogen (secondary N) is 1. The first-order valence-electron chi connectivity index (χ1n) is 8.06. The van der Waals surface area contributed by atoms with Gasteiger partial charge in [0.25, 0.3) is 0 Å². The lowest BCUT2D eigenvalue weighted by Gasteiger charge is -2.23. The molecule has 1 aliphatic rings. The van der Waals surface area contributed by atoms with E-state index in [4.69, 9.17) is 4.74 Å². The summed E-state index contributed by atoms with van der Waals surface area (Å²) in [4.78, 5) is 6.24. The third-order valence-electron chi connectivity index (χ3n) is 3.91. The van der Waals surface area contributed by atoms with Gasteiger partial charge in [0.15, 0.2) is 5.96 Å². The zero-order chi connectivity index (χ0) is 18.3. The van der Waals surface area contributed by atoms with Gasteiger partial charge in [0.2, 0.25) is 0 Å². The van der Waals surface area contributed by atoms with Gasteiger partial charge in [0, 0.05) is 38.7 Å². The van der Waals surface area contributed by atoms with Gasteiger partial charge in [-0.25, -0.2) is 0 Å². The van der Waals surface area contributed by atoms with Crippen molar-refractivity contribution in [1.29, 1.82) is 0 Å². The van der Waals surface area contributed by atoms with Crippen LogP contribution in [0.25, 0.3) is 0 Å². The smallest absolute Gasteiger partial charge is 0.381 e. The van der Waals surface area contributed by atoms with E-state index in [0.29, 0.717) is 18.0 Å². The molecule has 0 saturated carbocycles. The van der Waals surface area contributed by atoms with Crippen molar-refractivity contribution >= 4 is 5.96 Å². The van der Waals surface area contributed by atoms with Crippen molar-refractivity contribution in [2.45, 2.75) is 12.6 Å². The van der Waals surface area contributed by atoms with E-state index in [2.05, 4.69) is 22.2 Å². The number of benzene rings is 1. The maximum Gasteiger partial charge on any atom is 0.416 e. The Balaban J connectivity index is 1.83. The maximum atomic E-state index is 12.5. The number of rotatable bonds is 3. The van der Waals surface area contributed by atoms with Gasteiger partial charge in [-0.3, -0.25) is 4.99 Å². The summed E-state index contributed by atoms with van der Waals surface area (Å²) in [5.41, 5.74) is -0.129. The molecule has 136 valence electrons. The number of nitrogens with zero attached hydrogens (tertiary/aromatic N) is 2. The molecule has 1 unspecified atom stereocenters. The van der Waals surface area contributed by atoms with E-state index in [0.717, 1.165) is 44.3 Å². The van der Waals surface area contributed by atoms with Crippen LogP contribution in [0.4, 0.5) is 13.2 Å². The highest BCUT2D eigenvalue weighted by molar-refractivity contribution is 5.79. The summed E-state index contributed by atoms with van der Waals surface area (Å²) in [7, 11) is 3.66. The van der Waals surface area contributed by atoms with Crippen LogP contribution in [-0.4, -0.2) is 51.3 Å². The van der Waals surface area contributed by atoms with Gasteiger partial charge in [-0.2, -0.15) is 13.2 Å². The summed E-state index contributed by atoms with van der Waals surface area (Å²) in [5, 5.41) is 3.13. The highest BCUT2D eigenvalue weighted by Crippen LogP contribution is 2.28. The summed E-state index contributed by atoms with van der Waals surface area (Å²) in [5.74, 6) is 6.97. The fourth-order valence-corrected chi connectivity index (χ4v) is 2.60. The van der Waals surface area contributed by atoms with Gasteiger partial charge in [-0.05, 0) is 30.7 Å². The lowest BCUT2D eigenvalue weighted by Crippen LogP contribution is -2.41. The second-order valence-corrected chi connectivity index (χ2v) is 5.89. The molecule has 1 N–H and O–H groups in total. The topological polar surface area (TPSA) is 36.9 Å². The molecule has 1 aromatic carbocycles. The van der Waals surface area contributed by atoms with Gasteiger partial charge in [-0.15, -0.1) is 0 Å². The fraction of sp³-hybridized carbons (Fsp3) is 0.500. The molecule has 0 bridgehead atoms. The molecule has 7 heteroatoms. The molecule has 0 aliphatic carbocycles. The Bertz CT molecular complexity index is 638. The molecule has 1 saturated heterocycles. The number of guanidine groups is 1. The molecule has 0 amide bonds. The van der Waals surface area contributed by atoms with Crippen molar-refractivity contribution in [3.63, 3.8) is 0 Å². The minimum atomic E-state index is -4.32. The maximum absolute atomic E-state index is 12.5. The van der Waals surface area contributed by atoms with Crippen molar-refractivity contribution in [3.8, 4) is 11.8 Å². The molecule has 1 atom stereocenters. The largest absolute Gasteiger partial charge is 0.416 e. The molecule has 0 radical (unpaired) electrons. The highest BCUT2D eigenvalue weighted by Gasteiger charge is 2.29. The van der Waals surface area contributed by atoms with Crippen molar-refractivity contribution < 1.29 is 17.9 Å². The van der Waals surface area contributed by atoms with Gasteiger partial charge >= 0.3 is 6.18 Å². The van der Waals surface area contributed by atoms with Crippen molar-refractivity contribution in [1.82, 2.24) is 10.2 Å². The molecule has 0 spiro atoms. The van der Waals surface area contributed by atoms with E-state index in [1.54, 1.807) is 7.05 Å². The summed E-state index contributed by atoms with van der Waals surface area (Å²) in [6.45, 7) is 2.80. The zero-order valence-electron chi connectivity index (χ0n) is 14.4. The summed E-state index contributed by atoms with van der Waals surface area (Å²) in [6, 6.07) is 4.81. The summed E-state index contributed by atoms with van der Waals surface area (Å²) >= 11 is 0. The minimum Gasteiger partial charge on any atom is -0.381 e. The Kier molecular flexibility index (Phi) is 6.71. The van der Waals surface area contributed by atoms with Crippen LogP contribution in [0.1, 0.15) is 17.5 Å². The number of ether oxygens (including phenoxy) is 1. The molecule has 4 nitrogen and oxygen atoms in total. The van der Waals surface area contributed by atoms with Crippen molar-refractivity contribution in [3.05, 3.63) is 35.4 Å². The average Bonchev–Trinajstić information content (AvgIpc) is 3.07. The van der Waals surface area contributed by atoms with Gasteiger partial charge in [-0.1, -0.05) is 11.8 Å². The molecule has 2 rings (SSSR count). The first-order chi connectivity index (χ1) is 11.9. The molecular formula is C18H22F3N3O. The number of hydrogen-bond acceptors (Lipinski definition) is 2. The van der Waals surface area contributed by atoms with E-state index in [-0.39, 0.29) is 0 Å². The third-order valence-corrected chi connectivity index (χ3v) is 3.91. The number of alkyl halides is 3. The van der Waals surface area contributed by atoms with E-state index in [9.17, 15) is 13.2 Å². The van der Waals surface area contributed by atoms with E-state index < -0.39 is 11.7 Å². The average molecular weight is 353 g/mol. The van der Waals surface area contributed by atoms with E-state index in [1.165, 1.54) is 12.1 Å². The Labute approximate surface area is 146 Å². The van der Waals surface area contributed by atoms with Crippen LogP contribution in [0.3, 0.4) is 0 Å². The fourth-order valence-electron chi connectivity index (χ4n) is 2.60. The number of aliphatic imine (C=N–C) groups is 1. The first-order valence-corrected chi connectivity index (χ1v) is 8.06. The Morgan fingerprint density at radius 3 is 2.64 bits per heavy atom. The van der Waals surface area contributed by atoms with Crippen LogP contribution in [0.2, 0.25) is 0 Å². The quantitative estimate of drug-likeness (QED) is 0.516. The highest BCUT2D eigenvalue weighted by atomic mass is 19.4. The number of hydrogen-bond donors (Lipinski definition) is 1. The van der Waals surface area contributed by atoms with Crippen LogP contribution in [-0.2, 0) is 10.9 Å². The molecule has 1 heterocycles. The molecule has 1 aromatic rings. The van der Waals surface area contributed by atoms with E-state index >= 15 is 0 Å². The second-order valence-electron chi connectivity index (χ2n) is 5.89. The predicted molar refractivity (Wildman–Crippen MR) is 91.2 cm³/mol. The molecular weight excluding hydrogens is 331 g/mol. The molecule has 1 fully saturated rings. The monoisotopic (exact) mass is 353 g/mol. The van der Waals surface area contributed by atoms with Crippen LogP contribution < -0.4 is 5.32 Å². The minimum absolute atomic E-state index is 0.360. The SMILES string of the molecule is CN=C(NCC#Cc1ccc(C(F)(F)F)cc1)N(C)CC1CCOC1. The molecule has 0 aromatic heterocycles. The Hall–Kier alpha value is -2.20. The van der Waals surface area contributed by atoms with Crippen LogP contribution in [0, 0.1) is 17.8 Å². The normalized spacial score (nSPS) is 17.8. The van der Waals surface area contributed by atoms with Crippen LogP contribution in [0.5, 0.6) is 0 Å². The standard InChI is InChI=1S/C18H22F3N3O/c1-22-17(24(2)12-15-9-11-25-13-15)23-10-3-4-14-5-7-16(8-6-14)18(19,20)21/h5-8,15H,9-13H2,1-2H3,(H,22,23). The third kappa shape index (κ3) is 5.98. The van der Waals surface area contributed by atoms with Crippen LogP contribution in [0.15, 0.2) is 29.3 Å². The summed E-state index contributed by atoms with van der Waals surface area (Å²) in [6.07, 6.45) is -3.27. The summed E-state index contributed by atoms with van der Waals surface area (Å²) < 4.78 is 42.9. The molecule has 1 aliphatic heterocycles. The van der Waals surface area contributed by atoms with Gasteiger partial charge < -0.3 is 15.0 Å². The number of halogens is 3. The lowest BCUT2D eigenvalue weighted by molar-refractivity contribution is -0.137. The lowest BCUT2D eigenvalue weighted by atomic mass is 10.1. The second kappa shape index (κ2) is 8.77. The van der Waals surface area contributed by atoms with Crippen molar-refractivity contribution in [2.75, 3.05) is 40.4 Å². The van der Waals surface area contributed by atoms with Gasteiger partial charge in [0.05, 0.1) is 18.7 Å². The van der Waals surface area contributed by atoms with Crippen LogP contribution >= 0.6 is 0 Å². The Morgan fingerprint density at radius 1 is 1.36 bits per heavy atom. The zero-order valence-corrected chi connectivity index (χ0v) is 14.4.